The zero-order valence-corrected chi connectivity index (χ0v) is 13.2. The van der Waals surface area contributed by atoms with Gasteiger partial charge in [0.25, 0.3) is 0 Å². The molecule has 24 heavy (non-hydrogen) atoms. The molecule has 0 aliphatic carbocycles. The van der Waals surface area contributed by atoms with Gasteiger partial charge in [0.2, 0.25) is 0 Å². The van der Waals surface area contributed by atoms with Crippen molar-refractivity contribution in [3.63, 3.8) is 0 Å². The maximum Gasteiger partial charge on any atom is 0.199 e. The van der Waals surface area contributed by atoms with Crippen LogP contribution in [-0.2, 0) is 0 Å². The maximum atomic E-state index is 12.6. The highest BCUT2D eigenvalue weighted by Crippen LogP contribution is 2.30. The van der Waals surface area contributed by atoms with Crippen LogP contribution in [0.2, 0.25) is 5.02 Å². The molecule has 118 valence electrons. The number of fused-ring (bicyclic) bond motifs is 2. The lowest BCUT2D eigenvalue weighted by molar-refractivity contribution is 0.100. The Morgan fingerprint density at radius 1 is 1.08 bits per heavy atom. The molecule has 0 saturated carbocycles. The largest absolute Gasteiger partial charge is 0.488 e. The molecule has 5 heteroatoms. The van der Waals surface area contributed by atoms with Crippen molar-refractivity contribution in [2.24, 2.45) is 0 Å². The normalized spacial score (nSPS) is 15.4. The van der Waals surface area contributed by atoms with Gasteiger partial charge in [-0.05, 0) is 36.4 Å². The summed E-state index contributed by atoms with van der Waals surface area (Å²) < 4.78 is 11.1. The Morgan fingerprint density at radius 2 is 1.92 bits per heavy atom. The van der Waals surface area contributed by atoms with Crippen LogP contribution >= 0.6 is 11.6 Å². The standard InChI is InChI=1S/C19H11ClO4/c20-13-5-6-17-15(8-13)19(22)12(10-24-17)7-11-9-23-16-4-2-1-3-14(16)18(11)21/h1-9H,10H2/b12-7-. The summed E-state index contributed by atoms with van der Waals surface area (Å²) in [6.07, 6.45) is 2.88. The molecule has 2 heterocycles. The monoisotopic (exact) mass is 338 g/mol. The second-order valence-electron chi connectivity index (χ2n) is 5.44. The molecule has 4 nitrogen and oxygen atoms in total. The number of carbonyl (C=O) groups excluding carboxylic acids is 1. The lowest BCUT2D eigenvalue weighted by atomic mass is 9.98. The molecule has 1 aromatic heterocycles. The Hall–Kier alpha value is -2.85. The summed E-state index contributed by atoms with van der Waals surface area (Å²) in [6.45, 7) is 0.0970. The summed E-state index contributed by atoms with van der Waals surface area (Å²) in [4.78, 5) is 25.1. The van der Waals surface area contributed by atoms with Crippen LogP contribution < -0.4 is 10.2 Å². The quantitative estimate of drug-likeness (QED) is 0.627. The van der Waals surface area contributed by atoms with Gasteiger partial charge in [0.05, 0.1) is 16.5 Å². The van der Waals surface area contributed by atoms with Crippen molar-refractivity contribution in [1.29, 1.82) is 0 Å². The number of carbonyl (C=O) groups is 1. The van der Waals surface area contributed by atoms with Gasteiger partial charge in [-0.3, -0.25) is 9.59 Å². The van der Waals surface area contributed by atoms with E-state index in [1.165, 1.54) is 12.3 Å². The van der Waals surface area contributed by atoms with E-state index < -0.39 is 0 Å². The van der Waals surface area contributed by atoms with E-state index in [9.17, 15) is 9.59 Å². The first-order valence-electron chi connectivity index (χ1n) is 7.31. The van der Waals surface area contributed by atoms with Gasteiger partial charge in [0, 0.05) is 10.6 Å². The Kier molecular flexibility index (Phi) is 3.47. The van der Waals surface area contributed by atoms with E-state index in [4.69, 9.17) is 20.8 Å². The van der Waals surface area contributed by atoms with E-state index in [1.807, 2.05) is 0 Å². The molecule has 0 fully saturated rings. The third kappa shape index (κ3) is 2.41. The average molecular weight is 339 g/mol. The van der Waals surface area contributed by atoms with Crippen LogP contribution in [0.15, 0.2) is 63.5 Å². The van der Waals surface area contributed by atoms with Gasteiger partial charge in [-0.1, -0.05) is 23.7 Å². The van der Waals surface area contributed by atoms with Crippen molar-refractivity contribution >= 4 is 34.4 Å². The molecule has 0 bridgehead atoms. The molecule has 0 spiro atoms. The zero-order chi connectivity index (χ0) is 16.7. The maximum absolute atomic E-state index is 12.6. The van der Waals surface area contributed by atoms with Crippen LogP contribution in [0.25, 0.3) is 17.0 Å². The van der Waals surface area contributed by atoms with E-state index >= 15 is 0 Å². The minimum Gasteiger partial charge on any atom is -0.488 e. The predicted octanol–water partition coefficient (Wildman–Crippen LogP) is 4.11. The summed E-state index contributed by atoms with van der Waals surface area (Å²) in [7, 11) is 0. The number of Topliss-reactive ketones (excluding diaryl/α,β-unsaturated/α-hetero) is 1. The van der Waals surface area contributed by atoms with Crippen LogP contribution in [0, 0.1) is 0 Å². The van der Waals surface area contributed by atoms with Gasteiger partial charge in [0.15, 0.2) is 11.2 Å². The third-order valence-corrected chi connectivity index (χ3v) is 4.13. The van der Waals surface area contributed by atoms with Crippen LogP contribution in [0.3, 0.4) is 0 Å². The molecule has 2 aromatic carbocycles. The van der Waals surface area contributed by atoms with E-state index in [1.54, 1.807) is 42.5 Å². The van der Waals surface area contributed by atoms with Crippen LogP contribution in [-0.4, -0.2) is 12.4 Å². The molecular formula is C19H11ClO4. The lowest BCUT2D eigenvalue weighted by Crippen LogP contribution is -2.19. The highest BCUT2D eigenvalue weighted by molar-refractivity contribution is 6.31. The summed E-state index contributed by atoms with van der Waals surface area (Å²) >= 11 is 5.95. The van der Waals surface area contributed by atoms with Gasteiger partial charge in [-0.2, -0.15) is 0 Å². The minimum absolute atomic E-state index is 0.0970. The molecule has 0 unspecified atom stereocenters. The second-order valence-corrected chi connectivity index (χ2v) is 5.88. The first kappa shape index (κ1) is 14.7. The van der Waals surface area contributed by atoms with Gasteiger partial charge in [-0.15, -0.1) is 0 Å². The van der Waals surface area contributed by atoms with Crippen molar-refractivity contribution in [3.05, 3.63) is 80.7 Å². The van der Waals surface area contributed by atoms with E-state index in [0.717, 1.165) is 0 Å². The summed E-state index contributed by atoms with van der Waals surface area (Å²) in [5.74, 6) is 0.290. The fraction of sp³-hybridized carbons (Fsp3) is 0.0526. The van der Waals surface area contributed by atoms with Crippen molar-refractivity contribution in [2.75, 3.05) is 6.61 Å². The highest BCUT2D eigenvalue weighted by atomic mass is 35.5. The molecule has 3 aromatic rings. The first-order chi connectivity index (χ1) is 11.6. The number of ketones is 1. The third-order valence-electron chi connectivity index (χ3n) is 3.90. The molecule has 0 N–H and O–H groups in total. The van der Waals surface area contributed by atoms with Crippen LogP contribution in [0.1, 0.15) is 15.9 Å². The second kappa shape index (κ2) is 5.65. The van der Waals surface area contributed by atoms with Gasteiger partial charge < -0.3 is 9.15 Å². The molecule has 1 aliphatic rings. The number of benzene rings is 2. The van der Waals surface area contributed by atoms with Crippen LogP contribution in [0.5, 0.6) is 5.75 Å². The van der Waals surface area contributed by atoms with Crippen molar-refractivity contribution in [1.82, 2.24) is 0 Å². The number of hydrogen-bond donors (Lipinski definition) is 0. The Bertz CT molecular complexity index is 1060. The predicted molar refractivity (Wildman–Crippen MR) is 91.7 cm³/mol. The molecular weight excluding hydrogens is 328 g/mol. The zero-order valence-electron chi connectivity index (χ0n) is 12.4. The van der Waals surface area contributed by atoms with Crippen molar-refractivity contribution < 1.29 is 13.9 Å². The van der Waals surface area contributed by atoms with Crippen molar-refractivity contribution in [3.8, 4) is 5.75 Å². The Balaban J connectivity index is 1.81. The van der Waals surface area contributed by atoms with E-state index in [0.29, 0.717) is 38.4 Å². The molecule has 1 aliphatic heterocycles. The average Bonchev–Trinajstić information content (AvgIpc) is 2.60. The van der Waals surface area contributed by atoms with Gasteiger partial charge in [0.1, 0.15) is 24.2 Å². The summed E-state index contributed by atoms with van der Waals surface area (Å²) in [5, 5.41) is 0.927. The molecule has 0 atom stereocenters. The van der Waals surface area contributed by atoms with Gasteiger partial charge >= 0.3 is 0 Å². The fourth-order valence-electron chi connectivity index (χ4n) is 2.69. The smallest absolute Gasteiger partial charge is 0.199 e. The number of hydrogen-bond acceptors (Lipinski definition) is 4. The number of ether oxygens (including phenoxy) is 1. The molecule has 4 rings (SSSR count). The van der Waals surface area contributed by atoms with E-state index in [2.05, 4.69) is 0 Å². The Morgan fingerprint density at radius 3 is 2.79 bits per heavy atom. The topological polar surface area (TPSA) is 56.5 Å². The number of rotatable bonds is 1. The van der Waals surface area contributed by atoms with Crippen molar-refractivity contribution in [2.45, 2.75) is 0 Å². The van der Waals surface area contributed by atoms with Gasteiger partial charge in [-0.25, -0.2) is 0 Å². The highest BCUT2D eigenvalue weighted by Gasteiger charge is 2.24. The lowest BCUT2D eigenvalue weighted by Gasteiger charge is -2.18. The van der Waals surface area contributed by atoms with Crippen LogP contribution in [0.4, 0.5) is 0 Å². The Labute approximate surface area is 141 Å². The first-order valence-corrected chi connectivity index (χ1v) is 7.69. The van der Waals surface area contributed by atoms with E-state index in [-0.39, 0.29) is 17.8 Å². The molecule has 0 radical (unpaired) electrons. The summed E-state index contributed by atoms with van der Waals surface area (Å²) in [5.41, 5.74) is 1.41. The number of para-hydroxylation sites is 1. The fourth-order valence-corrected chi connectivity index (χ4v) is 2.86. The summed E-state index contributed by atoms with van der Waals surface area (Å²) in [6, 6.07) is 11.9. The minimum atomic E-state index is -0.202. The molecule has 0 amide bonds. The number of halogens is 1. The SMILES string of the molecule is O=C1/C(=C\c2coc3ccccc3c2=O)COc2ccc(Cl)cc21. The molecule has 0 saturated heterocycles.